The lowest BCUT2D eigenvalue weighted by molar-refractivity contribution is -0.151. The Morgan fingerprint density at radius 3 is 2.19 bits per heavy atom. The number of carbonyl (C=O) groups excluding carboxylic acids is 3. The Bertz CT molecular complexity index is 814. The largest absolute Gasteiger partial charge is 0.479 e. The first-order chi connectivity index (χ1) is 12.5. The van der Waals surface area contributed by atoms with Gasteiger partial charge in [0.1, 0.15) is 18.2 Å². The summed E-state index contributed by atoms with van der Waals surface area (Å²) in [7, 11) is 0. The molecule has 0 bridgehead atoms. The van der Waals surface area contributed by atoms with E-state index in [4.69, 9.17) is 9.47 Å². The lowest BCUT2D eigenvalue weighted by Gasteiger charge is -2.16. The number of imide groups is 1. The summed E-state index contributed by atoms with van der Waals surface area (Å²) in [6.07, 6.45) is -0.914. The molecule has 0 N–H and O–H groups in total. The number of carbonyl (C=O) groups is 3. The molecular weight excluding hydrogens is 341 g/mol. The van der Waals surface area contributed by atoms with Gasteiger partial charge < -0.3 is 9.47 Å². The third-order valence-electron chi connectivity index (χ3n) is 3.90. The van der Waals surface area contributed by atoms with E-state index >= 15 is 0 Å². The van der Waals surface area contributed by atoms with Crippen molar-refractivity contribution in [2.75, 3.05) is 13.2 Å². The Morgan fingerprint density at radius 1 is 1.04 bits per heavy atom. The van der Waals surface area contributed by atoms with Crippen molar-refractivity contribution in [3.8, 4) is 5.75 Å². The minimum Gasteiger partial charge on any atom is -0.479 e. The minimum absolute atomic E-state index is 0.0403. The highest BCUT2D eigenvalue weighted by atomic mass is 19.1. The van der Waals surface area contributed by atoms with Crippen molar-refractivity contribution in [3.63, 3.8) is 0 Å². The van der Waals surface area contributed by atoms with Crippen molar-refractivity contribution in [3.05, 3.63) is 65.5 Å². The summed E-state index contributed by atoms with van der Waals surface area (Å²) in [6, 6.07) is 11.8. The maximum Gasteiger partial charge on any atom is 0.347 e. The van der Waals surface area contributed by atoms with Crippen molar-refractivity contribution < 1.29 is 28.2 Å². The summed E-state index contributed by atoms with van der Waals surface area (Å²) in [6.45, 7) is 1.32. The fraction of sp³-hybridized carbons (Fsp3) is 0.211. The van der Waals surface area contributed by atoms with Crippen LogP contribution in [-0.4, -0.2) is 41.9 Å². The second-order valence-electron chi connectivity index (χ2n) is 5.69. The molecule has 2 amide bonds. The summed E-state index contributed by atoms with van der Waals surface area (Å²) in [5.41, 5.74) is 0.689. The van der Waals surface area contributed by atoms with Crippen LogP contribution in [-0.2, 0) is 9.53 Å². The van der Waals surface area contributed by atoms with Gasteiger partial charge in [-0.05, 0) is 43.3 Å². The highest BCUT2D eigenvalue weighted by molar-refractivity contribution is 6.21. The molecule has 0 radical (unpaired) electrons. The number of benzene rings is 2. The fourth-order valence-electron chi connectivity index (χ4n) is 2.56. The second-order valence-corrected chi connectivity index (χ2v) is 5.69. The Kier molecular flexibility index (Phi) is 4.97. The van der Waals surface area contributed by atoms with Crippen LogP contribution in [0.5, 0.6) is 5.75 Å². The van der Waals surface area contributed by atoms with Crippen LogP contribution < -0.4 is 4.74 Å². The number of fused-ring (bicyclic) bond motifs is 1. The van der Waals surface area contributed by atoms with E-state index in [-0.39, 0.29) is 13.2 Å². The van der Waals surface area contributed by atoms with Crippen LogP contribution in [0.2, 0.25) is 0 Å². The van der Waals surface area contributed by atoms with E-state index in [0.717, 1.165) is 4.90 Å². The molecule has 26 heavy (non-hydrogen) atoms. The average Bonchev–Trinajstić information content (AvgIpc) is 2.88. The molecule has 0 unspecified atom stereocenters. The van der Waals surface area contributed by atoms with Gasteiger partial charge in [-0.2, -0.15) is 0 Å². The quantitative estimate of drug-likeness (QED) is 0.586. The Labute approximate surface area is 149 Å². The molecule has 1 atom stereocenters. The van der Waals surface area contributed by atoms with Gasteiger partial charge in [0, 0.05) is 0 Å². The molecule has 1 heterocycles. The van der Waals surface area contributed by atoms with E-state index in [0.29, 0.717) is 16.9 Å². The van der Waals surface area contributed by atoms with Crippen LogP contribution in [0, 0.1) is 5.82 Å². The number of esters is 1. The number of hydrogen-bond donors (Lipinski definition) is 0. The van der Waals surface area contributed by atoms with Gasteiger partial charge in [0.15, 0.2) is 6.10 Å². The molecular formula is C19H16FNO5. The molecule has 6 nitrogen and oxygen atoms in total. The maximum absolute atomic E-state index is 12.9. The lowest BCUT2D eigenvalue weighted by Crippen LogP contribution is -2.35. The second kappa shape index (κ2) is 7.35. The zero-order chi connectivity index (χ0) is 18.7. The van der Waals surface area contributed by atoms with Crippen molar-refractivity contribution in [1.29, 1.82) is 0 Å². The van der Waals surface area contributed by atoms with Gasteiger partial charge in [-0.3, -0.25) is 14.5 Å². The van der Waals surface area contributed by atoms with E-state index in [1.165, 1.54) is 31.2 Å². The molecule has 7 heteroatoms. The molecule has 3 rings (SSSR count). The lowest BCUT2D eigenvalue weighted by atomic mass is 10.1. The fourth-order valence-corrected chi connectivity index (χ4v) is 2.56. The Balaban J connectivity index is 1.50. The van der Waals surface area contributed by atoms with E-state index in [9.17, 15) is 18.8 Å². The van der Waals surface area contributed by atoms with Crippen molar-refractivity contribution in [2.24, 2.45) is 0 Å². The molecule has 1 aliphatic rings. The monoisotopic (exact) mass is 357 g/mol. The first-order valence-corrected chi connectivity index (χ1v) is 8.01. The molecule has 0 saturated carbocycles. The Hall–Kier alpha value is -3.22. The summed E-state index contributed by atoms with van der Waals surface area (Å²) < 4.78 is 23.3. The SMILES string of the molecule is C[C@H](Oc1ccc(F)cc1)C(=O)OCCN1C(=O)c2ccccc2C1=O. The zero-order valence-electron chi connectivity index (χ0n) is 14.0. The van der Waals surface area contributed by atoms with Crippen LogP contribution >= 0.6 is 0 Å². The highest BCUT2D eigenvalue weighted by Gasteiger charge is 2.34. The molecule has 0 spiro atoms. The summed E-state index contributed by atoms with van der Waals surface area (Å²) in [5, 5.41) is 0. The molecule has 0 aromatic heterocycles. The molecule has 2 aromatic rings. The third-order valence-corrected chi connectivity index (χ3v) is 3.90. The molecule has 1 aliphatic heterocycles. The predicted octanol–water partition coefficient (Wildman–Crippen LogP) is 2.43. The molecule has 134 valence electrons. The van der Waals surface area contributed by atoms with E-state index in [1.54, 1.807) is 24.3 Å². The summed E-state index contributed by atoms with van der Waals surface area (Å²) in [4.78, 5) is 37.4. The molecule has 2 aromatic carbocycles. The smallest absolute Gasteiger partial charge is 0.347 e. The normalized spacial score (nSPS) is 14.2. The Morgan fingerprint density at radius 2 is 1.62 bits per heavy atom. The van der Waals surface area contributed by atoms with Gasteiger partial charge >= 0.3 is 5.97 Å². The van der Waals surface area contributed by atoms with Gasteiger partial charge in [0.2, 0.25) is 0 Å². The van der Waals surface area contributed by atoms with Crippen LogP contribution in [0.1, 0.15) is 27.6 Å². The summed E-state index contributed by atoms with van der Waals surface area (Å²) in [5.74, 6) is -1.54. The zero-order valence-corrected chi connectivity index (χ0v) is 14.0. The topological polar surface area (TPSA) is 72.9 Å². The number of amides is 2. The van der Waals surface area contributed by atoms with E-state index < -0.39 is 29.7 Å². The minimum atomic E-state index is -0.914. The third kappa shape index (κ3) is 3.56. The van der Waals surface area contributed by atoms with E-state index in [2.05, 4.69) is 0 Å². The van der Waals surface area contributed by atoms with Crippen LogP contribution in [0.3, 0.4) is 0 Å². The number of rotatable bonds is 6. The average molecular weight is 357 g/mol. The first-order valence-electron chi connectivity index (χ1n) is 8.01. The predicted molar refractivity (Wildman–Crippen MR) is 89.3 cm³/mol. The number of nitrogens with zero attached hydrogens (tertiary/aromatic N) is 1. The first kappa shape index (κ1) is 17.6. The summed E-state index contributed by atoms with van der Waals surface area (Å²) >= 11 is 0. The van der Waals surface area contributed by atoms with Crippen LogP contribution in [0.15, 0.2) is 48.5 Å². The van der Waals surface area contributed by atoms with Gasteiger partial charge in [-0.1, -0.05) is 12.1 Å². The van der Waals surface area contributed by atoms with Crippen LogP contribution in [0.4, 0.5) is 4.39 Å². The van der Waals surface area contributed by atoms with Gasteiger partial charge in [-0.15, -0.1) is 0 Å². The number of hydrogen-bond acceptors (Lipinski definition) is 5. The van der Waals surface area contributed by atoms with Crippen molar-refractivity contribution in [1.82, 2.24) is 4.90 Å². The standard InChI is InChI=1S/C19H16FNO5/c1-12(26-14-8-6-13(20)7-9-14)19(24)25-11-10-21-17(22)15-4-2-3-5-16(15)18(21)23/h2-9,12H,10-11H2,1H3/t12-/m0/s1. The van der Waals surface area contributed by atoms with Crippen molar-refractivity contribution >= 4 is 17.8 Å². The van der Waals surface area contributed by atoms with Crippen LogP contribution in [0.25, 0.3) is 0 Å². The maximum atomic E-state index is 12.9. The van der Waals surface area contributed by atoms with Crippen molar-refractivity contribution in [2.45, 2.75) is 13.0 Å². The highest BCUT2D eigenvalue weighted by Crippen LogP contribution is 2.22. The molecule has 0 fully saturated rings. The number of halogens is 1. The van der Waals surface area contributed by atoms with Gasteiger partial charge in [0.25, 0.3) is 11.8 Å². The number of ether oxygens (including phenoxy) is 2. The van der Waals surface area contributed by atoms with Gasteiger partial charge in [-0.25, -0.2) is 9.18 Å². The molecule has 0 saturated heterocycles. The van der Waals surface area contributed by atoms with Gasteiger partial charge in [0.05, 0.1) is 17.7 Å². The molecule has 0 aliphatic carbocycles. The van der Waals surface area contributed by atoms with E-state index in [1.807, 2.05) is 0 Å².